The first-order valence-corrected chi connectivity index (χ1v) is 6.26. The normalized spacial score (nSPS) is 10.2. The summed E-state index contributed by atoms with van der Waals surface area (Å²) in [5.41, 5.74) is 2.28. The van der Waals surface area contributed by atoms with Gasteiger partial charge in [-0.25, -0.2) is 0 Å². The highest BCUT2D eigenvalue weighted by atomic mass is 16.1. The molecule has 0 aromatic heterocycles. The maximum absolute atomic E-state index is 11.7. The van der Waals surface area contributed by atoms with Crippen LogP contribution in [0.3, 0.4) is 0 Å². The van der Waals surface area contributed by atoms with E-state index in [0.29, 0.717) is 6.42 Å². The van der Waals surface area contributed by atoms with Gasteiger partial charge in [-0.1, -0.05) is 31.2 Å². The van der Waals surface area contributed by atoms with Crippen LogP contribution in [-0.4, -0.2) is 25.5 Å². The molecular weight excluding hydrogens is 212 g/mol. The summed E-state index contributed by atoms with van der Waals surface area (Å²) in [7, 11) is 0. The van der Waals surface area contributed by atoms with Crippen LogP contribution in [0.1, 0.15) is 24.5 Å². The summed E-state index contributed by atoms with van der Waals surface area (Å²) in [6.07, 6.45) is 1.46. The number of carbonyl (C=O) groups is 1. The fourth-order valence-corrected chi connectivity index (χ4v) is 1.66. The Kier molecular flexibility index (Phi) is 6.33. The number of amides is 1. The number of carbonyl (C=O) groups excluding carboxylic acids is 1. The molecule has 17 heavy (non-hydrogen) atoms. The molecule has 3 nitrogen and oxygen atoms in total. The second-order valence-corrected chi connectivity index (χ2v) is 4.16. The molecule has 0 spiro atoms. The van der Waals surface area contributed by atoms with Crippen molar-refractivity contribution in [3.8, 4) is 0 Å². The Morgan fingerprint density at radius 3 is 2.71 bits per heavy atom. The van der Waals surface area contributed by atoms with E-state index in [1.807, 2.05) is 31.2 Å². The maximum Gasteiger partial charge on any atom is 0.224 e. The van der Waals surface area contributed by atoms with Crippen LogP contribution < -0.4 is 10.6 Å². The topological polar surface area (TPSA) is 41.1 Å². The third-order valence-electron chi connectivity index (χ3n) is 2.71. The van der Waals surface area contributed by atoms with Crippen molar-refractivity contribution in [3.05, 3.63) is 35.4 Å². The predicted molar refractivity (Wildman–Crippen MR) is 71.1 cm³/mol. The maximum atomic E-state index is 11.7. The molecule has 1 aromatic rings. The smallest absolute Gasteiger partial charge is 0.224 e. The lowest BCUT2D eigenvalue weighted by molar-refractivity contribution is -0.120. The van der Waals surface area contributed by atoms with E-state index in [2.05, 4.69) is 17.6 Å². The molecule has 1 rings (SSSR count). The van der Waals surface area contributed by atoms with Crippen molar-refractivity contribution in [2.45, 2.75) is 26.7 Å². The molecule has 94 valence electrons. The summed E-state index contributed by atoms with van der Waals surface area (Å²) >= 11 is 0. The van der Waals surface area contributed by atoms with Gasteiger partial charge in [0.05, 0.1) is 6.42 Å². The number of nitrogens with one attached hydrogen (secondary N) is 2. The van der Waals surface area contributed by atoms with E-state index < -0.39 is 0 Å². The molecule has 0 bridgehead atoms. The van der Waals surface area contributed by atoms with Gasteiger partial charge in [-0.05, 0) is 37.6 Å². The fourth-order valence-electron chi connectivity index (χ4n) is 1.66. The van der Waals surface area contributed by atoms with Gasteiger partial charge in [0, 0.05) is 6.54 Å². The van der Waals surface area contributed by atoms with Crippen molar-refractivity contribution in [2.75, 3.05) is 19.6 Å². The Bertz CT molecular complexity index is 350. The lowest BCUT2D eigenvalue weighted by Gasteiger charge is -2.07. The van der Waals surface area contributed by atoms with Gasteiger partial charge in [0.15, 0.2) is 0 Å². The molecule has 2 N–H and O–H groups in total. The fraction of sp³-hybridized carbons (Fsp3) is 0.500. The summed E-state index contributed by atoms with van der Waals surface area (Å²) in [6, 6.07) is 8.01. The van der Waals surface area contributed by atoms with Crippen LogP contribution in [0, 0.1) is 6.92 Å². The van der Waals surface area contributed by atoms with Gasteiger partial charge in [0.1, 0.15) is 0 Å². The summed E-state index contributed by atoms with van der Waals surface area (Å²) in [4.78, 5) is 11.7. The number of hydrogen-bond acceptors (Lipinski definition) is 2. The molecule has 3 heteroatoms. The Balaban J connectivity index is 2.23. The van der Waals surface area contributed by atoms with Crippen molar-refractivity contribution in [3.63, 3.8) is 0 Å². The molecule has 0 aliphatic rings. The third kappa shape index (κ3) is 5.50. The number of rotatable bonds is 7. The zero-order valence-electron chi connectivity index (χ0n) is 10.8. The minimum atomic E-state index is 0.107. The van der Waals surface area contributed by atoms with Gasteiger partial charge in [0.2, 0.25) is 5.91 Å². The van der Waals surface area contributed by atoms with Gasteiger partial charge >= 0.3 is 0 Å². The highest BCUT2D eigenvalue weighted by molar-refractivity contribution is 5.78. The predicted octanol–water partition coefficient (Wildman–Crippen LogP) is 1.65. The van der Waals surface area contributed by atoms with Crippen molar-refractivity contribution in [2.24, 2.45) is 0 Å². The monoisotopic (exact) mass is 234 g/mol. The molecule has 0 aliphatic carbocycles. The van der Waals surface area contributed by atoms with Crippen LogP contribution in [0.5, 0.6) is 0 Å². The van der Waals surface area contributed by atoms with Crippen LogP contribution in [0.15, 0.2) is 24.3 Å². The van der Waals surface area contributed by atoms with Gasteiger partial charge in [-0.3, -0.25) is 4.79 Å². The largest absolute Gasteiger partial charge is 0.356 e. The van der Waals surface area contributed by atoms with Crippen LogP contribution in [0.4, 0.5) is 0 Å². The lowest BCUT2D eigenvalue weighted by atomic mass is 10.1. The van der Waals surface area contributed by atoms with Crippen LogP contribution in [-0.2, 0) is 11.2 Å². The van der Waals surface area contributed by atoms with E-state index in [1.165, 1.54) is 5.56 Å². The Labute approximate surface area is 104 Å². The van der Waals surface area contributed by atoms with Crippen molar-refractivity contribution in [1.82, 2.24) is 10.6 Å². The summed E-state index contributed by atoms with van der Waals surface area (Å²) in [6.45, 7) is 6.81. The zero-order valence-corrected chi connectivity index (χ0v) is 10.8. The summed E-state index contributed by atoms with van der Waals surface area (Å²) < 4.78 is 0. The highest BCUT2D eigenvalue weighted by Crippen LogP contribution is 2.07. The first-order valence-electron chi connectivity index (χ1n) is 6.26. The zero-order chi connectivity index (χ0) is 12.5. The lowest BCUT2D eigenvalue weighted by Crippen LogP contribution is -2.28. The van der Waals surface area contributed by atoms with E-state index in [4.69, 9.17) is 0 Å². The average Bonchev–Trinajstić information content (AvgIpc) is 2.32. The van der Waals surface area contributed by atoms with E-state index in [1.54, 1.807) is 0 Å². The molecule has 0 heterocycles. The van der Waals surface area contributed by atoms with Gasteiger partial charge in [-0.15, -0.1) is 0 Å². The Morgan fingerprint density at radius 2 is 2.00 bits per heavy atom. The van der Waals surface area contributed by atoms with E-state index in [-0.39, 0.29) is 5.91 Å². The molecule has 0 atom stereocenters. The minimum absolute atomic E-state index is 0.107. The summed E-state index contributed by atoms with van der Waals surface area (Å²) in [5.74, 6) is 0.107. The van der Waals surface area contributed by atoms with Gasteiger partial charge in [0.25, 0.3) is 0 Å². The van der Waals surface area contributed by atoms with Crippen LogP contribution in [0.25, 0.3) is 0 Å². The van der Waals surface area contributed by atoms with E-state index in [0.717, 1.165) is 31.6 Å². The second kappa shape index (κ2) is 7.85. The molecule has 1 aromatic carbocycles. The van der Waals surface area contributed by atoms with Gasteiger partial charge in [-0.2, -0.15) is 0 Å². The minimum Gasteiger partial charge on any atom is -0.356 e. The molecular formula is C14H22N2O. The first-order chi connectivity index (χ1) is 8.24. The standard InChI is InChI=1S/C14H22N2O/c1-3-15-9-6-10-16-14(17)11-13-8-5-4-7-12(13)2/h4-5,7-8,15H,3,6,9-11H2,1-2H3,(H,16,17). The second-order valence-electron chi connectivity index (χ2n) is 4.16. The van der Waals surface area contributed by atoms with Crippen LogP contribution >= 0.6 is 0 Å². The molecule has 0 saturated carbocycles. The van der Waals surface area contributed by atoms with Crippen LogP contribution in [0.2, 0.25) is 0 Å². The number of benzene rings is 1. The molecule has 0 saturated heterocycles. The molecule has 0 unspecified atom stereocenters. The van der Waals surface area contributed by atoms with Gasteiger partial charge < -0.3 is 10.6 Å². The molecule has 0 fully saturated rings. The van der Waals surface area contributed by atoms with E-state index in [9.17, 15) is 4.79 Å². The first kappa shape index (κ1) is 13.7. The van der Waals surface area contributed by atoms with E-state index >= 15 is 0 Å². The number of hydrogen-bond donors (Lipinski definition) is 2. The average molecular weight is 234 g/mol. The molecule has 1 amide bonds. The van der Waals surface area contributed by atoms with Crippen molar-refractivity contribution < 1.29 is 4.79 Å². The van der Waals surface area contributed by atoms with Crippen molar-refractivity contribution >= 4 is 5.91 Å². The summed E-state index contributed by atoms with van der Waals surface area (Å²) in [5, 5.41) is 6.17. The quantitative estimate of drug-likeness (QED) is 0.704. The molecule has 0 radical (unpaired) electrons. The highest BCUT2D eigenvalue weighted by Gasteiger charge is 2.04. The Hall–Kier alpha value is -1.35. The SMILES string of the molecule is CCNCCCNC(=O)Cc1ccccc1C. The third-order valence-corrected chi connectivity index (χ3v) is 2.71. The Morgan fingerprint density at radius 1 is 1.24 bits per heavy atom. The number of aryl methyl sites for hydroxylation is 1. The molecule has 0 aliphatic heterocycles. The van der Waals surface area contributed by atoms with Crippen molar-refractivity contribution in [1.29, 1.82) is 0 Å².